The van der Waals surface area contributed by atoms with Crippen LogP contribution in [0.2, 0.25) is 0 Å². The van der Waals surface area contributed by atoms with Crippen molar-refractivity contribution in [1.29, 1.82) is 0 Å². The predicted molar refractivity (Wildman–Crippen MR) is 105 cm³/mol. The number of ether oxygens (including phenoxy) is 1. The van der Waals surface area contributed by atoms with E-state index in [9.17, 15) is 14.4 Å². The van der Waals surface area contributed by atoms with Gasteiger partial charge in [0.2, 0.25) is 11.8 Å². The van der Waals surface area contributed by atoms with Gasteiger partial charge in [0, 0.05) is 11.3 Å². The molecule has 0 aromatic heterocycles. The van der Waals surface area contributed by atoms with E-state index in [0.717, 1.165) is 25.7 Å². The van der Waals surface area contributed by atoms with Gasteiger partial charge in [-0.25, -0.2) is 0 Å². The van der Waals surface area contributed by atoms with Crippen LogP contribution in [0.5, 0.6) is 5.75 Å². The number of rotatable bonds is 4. The number of nitrogens with zero attached hydrogens (tertiary/aromatic N) is 1. The number of nitrogens with one attached hydrogen (secondary N) is 1. The lowest BCUT2D eigenvalue weighted by atomic mass is 9.81. The van der Waals surface area contributed by atoms with Crippen molar-refractivity contribution in [2.24, 2.45) is 11.8 Å². The monoisotopic (exact) mass is 378 g/mol. The highest BCUT2D eigenvalue weighted by Gasteiger charge is 2.48. The first-order valence-electron chi connectivity index (χ1n) is 9.52. The van der Waals surface area contributed by atoms with Crippen molar-refractivity contribution in [3.63, 3.8) is 0 Å². The fraction of sp³-hybridized carbons (Fsp3) is 0.318. The summed E-state index contributed by atoms with van der Waals surface area (Å²) in [5, 5.41) is 2.82. The van der Waals surface area contributed by atoms with E-state index >= 15 is 0 Å². The molecular formula is C22H22N2O4. The quantitative estimate of drug-likeness (QED) is 0.825. The zero-order chi connectivity index (χ0) is 19.7. The average Bonchev–Trinajstić information content (AvgIpc) is 2.99. The first-order valence-corrected chi connectivity index (χ1v) is 9.52. The van der Waals surface area contributed by atoms with E-state index in [4.69, 9.17) is 4.74 Å². The minimum Gasteiger partial charge on any atom is -0.497 e. The van der Waals surface area contributed by atoms with Crippen LogP contribution >= 0.6 is 0 Å². The van der Waals surface area contributed by atoms with Crippen molar-refractivity contribution in [3.8, 4) is 5.75 Å². The van der Waals surface area contributed by atoms with Crippen LogP contribution in [0.15, 0.2) is 48.5 Å². The van der Waals surface area contributed by atoms with Crippen molar-refractivity contribution in [2.75, 3.05) is 17.3 Å². The second-order valence-corrected chi connectivity index (χ2v) is 7.24. The van der Waals surface area contributed by atoms with Crippen LogP contribution < -0.4 is 15.0 Å². The van der Waals surface area contributed by atoms with Gasteiger partial charge in [-0.3, -0.25) is 19.3 Å². The maximum atomic E-state index is 12.8. The van der Waals surface area contributed by atoms with Gasteiger partial charge in [-0.05, 0) is 55.3 Å². The van der Waals surface area contributed by atoms with E-state index in [0.29, 0.717) is 22.7 Å². The molecule has 6 heteroatoms. The first kappa shape index (κ1) is 18.2. The van der Waals surface area contributed by atoms with E-state index in [1.807, 2.05) is 0 Å². The number of hydrogen-bond donors (Lipinski definition) is 1. The lowest BCUT2D eigenvalue weighted by Crippen LogP contribution is -2.31. The van der Waals surface area contributed by atoms with Crippen LogP contribution in [-0.4, -0.2) is 24.8 Å². The Morgan fingerprint density at radius 1 is 1.00 bits per heavy atom. The number of methoxy groups -OCH3 is 1. The summed E-state index contributed by atoms with van der Waals surface area (Å²) >= 11 is 0. The van der Waals surface area contributed by atoms with Crippen LogP contribution in [0.3, 0.4) is 0 Å². The highest BCUT2D eigenvalue weighted by molar-refractivity contribution is 6.22. The lowest BCUT2D eigenvalue weighted by Gasteiger charge is -2.19. The number of benzene rings is 2. The third kappa shape index (κ3) is 3.26. The minimum absolute atomic E-state index is 0.137. The molecule has 0 unspecified atom stereocenters. The summed E-state index contributed by atoms with van der Waals surface area (Å²) in [5.41, 5.74) is 1.49. The molecule has 1 heterocycles. The molecular weight excluding hydrogens is 356 g/mol. The molecule has 6 nitrogen and oxygen atoms in total. The third-order valence-electron chi connectivity index (χ3n) is 5.56. The summed E-state index contributed by atoms with van der Waals surface area (Å²) in [6.45, 7) is 0. The van der Waals surface area contributed by atoms with E-state index in [1.54, 1.807) is 55.6 Å². The first-order chi connectivity index (χ1) is 13.6. The topological polar surface area (TPSA) is 75.7 Å². The largest absolute Gasteiger partial charge is 0.497 e. The Morgan fingerprint density at radius 2 is 1.64 bits per heavy atom. The van der Waals surface area contributed by atoms with Gasteiger partial charge in [0.1, 0.15) is 5.75 Å². The standard InChI is InChI=1S/C22H22N2O4/c1-28-17-11-9-15(10-12-17)23-20(25)14-5-4-6-16(13-14)24-21(26)18-7-2-3-8-19(18)22(24)27/h4-6,9-13,18-19H,2-3,7-8H2,1H3,(H,23,25)/t18-,19-/m1/s1. The Labute approximate surface area is 163 Å². The molecule has 1 saturated heterocycles. The maximum absolute atomic E-state index is 12.8. The minimum atomic E-state index is -0.302. The smallest absolute Gasteiger partial charge is 0.255 e. The maximum Gasteiger partial charge on any atom is 0.255 e. The molecule has 0 spiro atoms. The summed E-state index contributed by atoms with van der Waals surface area (Å²) in [7, 11) is 1.58. The van der Waals surface area contributed by atoms with Gasteiger partial charge in [-0.2, -0.15) is 0 Å². The molecule has 28 heavy (non-hydrogen) atoms. The van der Waals surface area contributed by atoms with Gasteiger partial charge >= 0.3 is 0 Å². The Morgan fingerprint density at radius 3 is 2.25 bits per heavy atom. The van der Waals surface area contributed by atoms with Gasteiger partial charge in [0.15, 0.2) is 0 Å². The number of hydrogen-bond acceptors (Lipinski definition) is 4. The lowest BCUT2D eigenvalue weighted by molar-refractivity contribution is -0.122. The van der Waals surface area contributed by atoms with Crippen LogP contribution in [-0.2, 0) is 9.59 Å². The molecule has 2 aromatic carbocycles. The van der Waals surface area contributed by atoms with E-state index < -0.39 is 0 Å². The molecule has 1 aliphatic carbocycles. The molecule has 4 rings (SSSR count). The Balaban J connectivity index is 1.54. The Kier molecular flexibility index (Phi) is 4.86. The van der Waals surface area contributed by atoms with Crippen LogP contribution in [0.1, 0.15) is 36.0 Å². The Hall–Kier alpha value is -3.15. The van der Waals surface area contributed by atoms with Crippen molar-refractivity contribution < 1.29 is 19.1 Å². The molecule has 0 radical (unpaired) electrons. The van der Waals surface area contributed by atoms with Crippen molar-refractivity contribution in [3.05, 3.63) is 54.1 Å². The van der Waals surface area contributed by atoms with Crippen molar-refractivity contribution in [1.82, 2.24) is 0 Å². The summed E-state index contributed by atoms with van der Waals surface area (Å²) in [4.78, 5) is 39.4. The van der Waals surface area contributed by atoms with E-state index in [-0.39, 0.29) is 29.6 Å². The van der Waals surface area contributed by atoms with Gasteiger partial charge in [0.25, 0.3) is 5.91 Å². The summed E-state index contributed by atoms with van der Waals surface area (Å²) in [5.74, 6) is -0.295. The third-order valence-corrected chi connectivity index (χ3v) is 5.56. The molecule has 2 aliphatic rings. The number of carbonyl (C=O) groups excluding carboxylic acids is 3. The molecule has 0 bridgehead atoms. The molecule has 1 aliphatic heterocycles. The number of imide groups is 1. The number of anilines is 2. The SMILES string of the molecule is COc1ccc(NC(=O)c2cccc(N3C(=O)[C@@H]4CCCC[C@H]4C3=O)c2)cc1. The number of carbonyl (C=O) groups is 3. The fourth-order valence-electron chi connectivity index (χ4n) is 4.08. The number of fused-ring (bicyclic) bond motifs is 1. The van der Waals surface area contributed by atoms with Crippen molar-refractivity contribution in [2.45, 2.75) is 25.7 Å². The zero-order valence-electron chi connectivity index (χ0n) is 15.7. The van der Waals surface area contributed by atoms with Gasteiger partial charge in [-0.1, -0.05) is 18.9 Å². The van der Waals surface area contributed by atoms with Gasteiger partial charge in [0.05, 0.1) is 24.6 Å². The fourth-order valence-corrected chi connectivity index (χ4v) is 4.08. The normalized spacial score (nSPS) is 21.4. The van der Waals surface area contributed by atoms with Gasteiger partial charge < -0.3 is 10.1 Å². The summed E-state index contributed by atoms with van der Waals surface area (Å²) in [6, 6.07) is 13.7. The molecule has 2 aromatic rings. The average molecular weight is 378 g/mol. The summed E-state index contributed by atoms with van der Waals surface area (Å²) in [6.07, 6.45) is 3.50. The molecule has 1 N–H and O–H groups in total. The van der Waals surface area contributed by atoms with E-state index in [2.05, 4.69) is 5.32 Å². The van der Waals surface area contributed by atoms with E-state index in [1.165, 1.54) is 4.90 Å². The molecule has 144 valence electrons. The van der Waals surface area contributed by atoms with Gasteiger partial charge in [-0.15, -0.1) is 0 Å². The molecule has 2 fully saturated rings. The van der Waals surface area contributed by atoms with Crippen LogP contribution in [0, 0.1) is 11.8 Å². The van der Waals surface area contributed by atoms with Crippen molar-refractivity contribution >= 4 is 29.1 Å². The zero-order valence-corrected chi connectivity index (χ0v) is 15.7. The molecule has 3 amide bonds. The summed E-state index contributed by atoms with van der Waals surface area (Å²) < 4.78 is 5.11. The number of amides is 3. The second kappa shape index (κ2) is 7.46. The van der Waals surface area contributed by atoms with Crippen LogP contribution in [0.25, 0.3) is 0 Å². The van der Waals surface area contributed by atoms with Crippen LogP contribution in [0.4, 0.5) is 11.4 Å². The predicted octanol–water partition coefficient (Wildman–Crippen LogP) is 3.63. The molecule has 2 atom stereocenters. The highest BCUT2D eigenvalue weighted by Crippen LogP contribution is 2.40. The second-order valence-electron chi connectivity index (χ2n) is 7.24. The Bertz CT molecular complexity index is 898. The molecule has 1 saturated carbocycles. The highest BCUT2D eigenvalue weighted by atomic mass is 16.5.